The maximum absolute atomic E-state index is 6.00. The second-order valence-corrected chi connectivity index (χ2v) is 5.88. The molecule has 0 bridgehead atoms. The summed E-state index contributed by atoms with van der Waals surface area (Å²) in [7, 11) is 1.70. The molecule has 0 saturated heterocycles. The van der Waals surface area contributed by atoms with Gasteiger partial charge in [-0.05, 0) is 24.3 Å². The summed E-state index contributed by atoms with van der Waals surface area (Å²) < 4.78 is 16.9. The molecule has 0 saturated carbocycles. The highest BCUT2D eigenvalue weighted by molar-refractivity contribution is 14.0. The monoisotopic (exact) mass is 504 g/mol. The van der Waals surface area contributed by atoms with Crippen LogP contribution in [0.25, 0.3) is 0 Å². The van der Waals surface area contributed by atoms with E-state index in [9.17, 15) is 0 Å². The topological polar surface area (TPSA) is 77.0 Å². The van der Waals surface area contributed by atoms with E-state index in [2.05, 4.69) is 20.6 Å². The van der Waals surface area contributed by atoms with Gasteiger partial charge in [0.2, 0.25) is 5.88 Å². The molecular formula is C18H22ClIN4O3. The molecule has 9 heteroatoms. The van der Waals surface area contributed by atoms with Gasteiger partial charge >= 0.3 is 0 Å². The Morgan fingerprint density at radius 1 is 1.26 bits per heavy atom. The number of pyridine rings is 1. The number of nitrogens with one attached hydrogen (secondary N) is 2. The molecule has 1 aliphatic heterocycles. The molecule has 0 atom stereocenters. The van der Waals surface area contributed by atoms with Gasteiger partial charge < -0.3 is 24.8 Å². The fourth-order valence-electron chi connectivity index (χ4n) is 2.35. The van der Waals surface area contributed by atoms with E-state index in [-0.39, 0.29) is 24.0 Å². The van der Waals surface area contributed by atoms with Crippen LogP contribution in [-0.4, -0.2) is 44.4 Å². The maximum Gasteiger partial charge on any atom is 0.232 e. The van der Waals surface area contributed by atoms with Crippen LogP contribution in [0.3, 0.4) is 0 Å². The number of anilines is 1. The zero-order valence-corrected chi connectivity index (χ0v) is 18.0. The lowest BCUT2D eigenvalue weighted by atomic mass is 10.3. The molecule has 2 N–H and O–H groups in total. The van der Waals surface area contributed by atoms with Gasteiger partial charge in [-0.1, -0.05) is 11.6 Å². The van der Waals surface area contributed by atoms with Gasteiger partial charge in [0, 0.05) is 31.4 Å². The van der Waals surface area contributed by atoms with E-state index in [1.54, 1.807) is 25.4 Å². The van der Waals surface area contributed by atoms with Crippen molar-refractivity contribution in [2.45, 2.75) is 6.42 Å². The predicted molar refractivity (Wildman–Crippen MR) is 117 cm³/mol. The summed E-state index contributed by atoms with van der Waals surface area (Å²) in [6.45, 7) is 2.26. The highest BCUT2D eigenvalue weighted by atomic mass is 127. The van der Waals surface area contributed by atoms with Gasteiger partial charge in [0.15, 0.2) is 17.5 Å². The molecule has 0 spiro atoms. The number of hydrogen-bond acceptors (Lipinski definition) is 5. The van der Waals surface area contributed by atoms with Crippen LogP contribution >= 0.6 is 35.6 Å². The highest BCUT2D eigenvalue weighted by Crippen LogP contribution is 2.32. The second kappa shape index (κ2) is 11.0. The lowest BCUT2D eigenvalue weighted by Gasteiger charge is -2.14. The first-order valence-corrected chi connectivity index (χ1v) is 8.74. The molecule has 0 radical (unpaired) electrons. The van der Waals surface area contributed by atoms with Gasteiger partial charge in [0.05, 0.1) is 19.8 Å². The number of nitrogens with zero attached hydrogens (tertiary/aromatic N) is 2. The molecule has 0 amide bonds. The van der Waals surface area contributed by atoms with Crippen LogP contribution in [0.1, 0.15) is 6.42 Å². The zero-order valence-electron chi connectivity index (χ0n) is 14.9. The van der Waals surface area contributed by atoms with Gasteiger partial charge in [-0.25, -0.2) is 4.98 Å². The van der Waals surface area contributed by atoms with Crippen molar-refractivity contribution in [1.82, 2.24) is 10.3 Å². The van der Waals surface area contributed by atoms with Crippen LogP contribution in [-0.2, 0) is 0 Å². The van der Waals surface area contributed by atoms with Crippen molar-refractivity contribution in [3.05, 3.63) is 41.6 Å². The average molecular weight is 505 g/mol. The number of aliphatic imine (C=N–C) groups is 1. The minimum atomic E-state index is 0. The number of fused-ring (bicyclic) bond motifs is 1. The standard InChI is InChI=1S/C18H21ClN4O3.HI/c1-20-18(22-8-11-26-17-14(19)4-2-7-21-17)23-13-5-6-15-16(12-13)25-10-3-9-24-15;/h2,4-7,12H,3,8-11H2,1H3,(H2,20,22,23);1H. The Hall–Kier alpha value is -1.94. The number of benzene rings is 1. The second-order valence-electron chi connectivity index (χ2n) is 5.47. The molecule has 3 rings (SSSR count). The van der Waals surface area contributed by atoms with Crippen LogP contribution in [0.2, 0.25) is 5.02 Å². The first kappa shape index (κ1) is 21.4. The summed E-state index contributed by atoms with van der Waals surface area (Å²) in [4.78, 5) is 8.28. The van der Waals surface area contributed by atoms with Crippen molar-refractivity contribution in [1.29, 1.82) is 0 Å². The average Bonchev–Trinajstić information content (AvgIpc) is 2.90. The van der Waals surface area contributed by atoms with Crippen molar-refractivity contribution in [3.8, 4) is 17.4 Å². The molecule has 27 heavy (non-hydrogen) atoms. The van der Waals surface area contributed by atoms with Crippen LogP contribution in [0.5, 0.6) is 17.4 Å². The van der Waals surface area contributed by atoms with Crippen molar-refractivity contribution >= 4 is 47.2 Å². The largest absolute Gasteiger partial charge is 0.490 e. The van der Waals surface area contributed by atoms with Crippen molar-refractivity contribution < 1.29 is 14.2 Å². The number of rotatable bonds is 5. The molecule has 0 fully saturated rings. The Morgan fingerprint density at radius 3 is 2.85 bits per heavy atom. The highest BCUT2D eigenvalue weighted by Gasteiger charge is 2.11. The van der Waals surface area contributed by atoms with Gasteiger partial charge in [-0.3, -0.25) is 4.99 Å². The summed E-state index contributed by atoms with van der Waals surface area (Å²) >= 11 is 6.00. The minimum Gasteiger partial charge on any atom is -0.490 e. The Balaban J connectivity index is 0.00000261. The molecule has 1 aromatic heterocycles. The van der Waals surface area contributed by atoms with Crippen molar-refractivity contribution in [3.63, 3.8) is 0 Å². The number of aromatic nitrogens is 1. The fraction of sp³-hybridized carbons (Fsp3) is 0.333. The van der Waals surface area contributed by atoms with Crippen molar-refractivity contribution in [2.24, 2.45) is 4.99 Å². The van der Waals surface area contributed by atoms with Crippen molar-refractivity contribution in [2.75, 3.05) is 38.7 Å². The zero-order chi connectivity index (χ0) is 18.2. The molecule has 2 aromatic rings. The van der Waals surface area contributed by atoms with Crippen LogP contribution in [0.4, 0.5) is 5.69 Å². The van der Waals surface area contributed by atoms with Crippen LogP contribution in [0.15, 0.2) is 41.5 Å². The van der Waals surface area contributed by atoms with E-state index in [1.165, 1.54) is 0 Å². The van der Waals surface area contributed by atoms with Gasteiger partial charge in [-0.2, -0.15) is 0 Å². The van der Waals surface area contributed by atoms with Gasteiger partial charge in [0.25, 0.3) is 0 Å². The van der Waals surface area contributed by atoms with Gasteiger partial charge in [0.1, 0.15) is 11.6 Å². The summed E-state index contributed by atoms with van der Waals surface area (Å²) in [5.74, 6) is 2.53. The van der Waals surface area contributed by atoms with E-state index in [4.69, 9.17) is 25.8 Å². The molecule has 1 aromatic carbocycles. The Bertz CT molecular complexity index is 776. The van der Waals surface area contributed by atoms with Crippen LogP contribution < -0.4 is 24.8 Å². The minimum absolute atomic E-state index is 0. The summed E-state index contributed by atoms with van der Waals surface area (Å²) in [6.07, 6.45) is 2.51. The number of guanidine groups is 1. The normalized spacial score (nSPS) is 13.2. The lowest BCUT2D eigenvalue weighted by molar-refractivity contribution is 0.297. The summed E-state index contributed by atoms with van der Waals surface area (Å²) in [5.41, 5.74) is 0.857. The Labute approximate surface area is 180 Å². The third-order valence-electron chi connectivity index (χ3n) is 3.59. The lowest BCUT2D eigenvalue weighted by Crippen LogP contribution is -2.33. The molecule has 7 nitrogen and oxygen atoms in total. The maximum atomic E-state index is 6.00. The SMILES string of the molecule is CN=C(NCCOc1ncccc1Cl)Nc1ccc2c(c1)OCCCO2.I. The molecule has 1 aliphatic rings. The molecular weight excluding hydrogens is 483 g/mol. The first-order valence-electron chi connectivity index (χ1n) is 8.37. The van der Waals surface area contributed by atoms with E-state index >= 15 is 0 Å². The summed E-state index contributed by atoms with van der Waals surface area (Å²) in [6, 6.07) is 9.21. The third-order valence-corrected chi connectivity index (χ3v) is 3.88. The molecule has 2 heterocycles. The van der Waals surface area contributed by atoms with E-state index in [0.717, 1.165) is 23.6 Å². The Morgan fingerprint density at radius 2 is 2.07 bits per heavy atom. The van der Waals surface area contributed by atoms with E-state index in [1.807, 2.05) is 18.2 Å². The Kier molecular flexibility index (Phi) is 8.73. The van der Waals surface area contributed by atoms with Gasteiger partial charge in [-0.15, -0.1) is 24.0 Å². The predicted octanol–water partition coefficient (Wildman–Crippen LogP) is 3.58. The number of halogens is 2. The summed E-state index contributed by atoms with van der Waals surface area (Å²) in [5, 5.41) is 6.87. The third kappa shape index (κ3) is 6.31. The smallest absolute Gasteiger partial charge is 0.232 e. The molecule has 0 unspecified atom stereocenters. The molecule has 0 aliphatic carbocycles. The number of hydrogen-bond donors (Lipinski definition) is 2. The number of ether oxygens (including phenoxy) is 3. The van der Waals surface area contributed by atoms with E-state index in [0.29, 0.717) is 43.2 Å². The van der Waals surface area contributed by atoms with Crippen LogP contribution in [0, 0.1) is 0 Å². The van der Waals surface area contributed by atoms with E-state index < -0.39 is 0 Å². The first-order chi connectivity index (χ1) is 12.8. The molecule has 146 valence electrons. The quantitative estimate of drug-likeness (QED) is 0.281. The fourth-order valence-corrected chi connectivity index (χ4v) is 2.53.